The first kappa shape index (κ1) is 23.7. The molecular weight excluding hydrogens is 377 g/mol. The molecule has 0 bridgehead atoms. The van der Waals surface area contributed by atoms with E-state index in [1.165, 1.54) is 13.8 Å². The number of ether oxygens (including phenoxy) is 1. The van der Waals surface area contributed by atoms with Crippen molar-refractivity contribution in [3.63, 3.8) is 0 Å². The Morgan fingerprint density at radius 2 is 1.61 bits per heavy atom. The van der Waals surface area contributed by atoms with Crippen LogP contribution in [0.25, 0.3) is 0 Å². The molecule has 0 spiro atoms. The number of alkyl carbamates (subject to hydrolysis) is 1. The number of aliphatic hydroxyl groups excluding tert-OH is 1. The van der Waals surface area contributed by atoms with E-state index in [9.17, 15) is 27.9 Å². The van der Waals surface area contributed by atoms with E-state index in [1.54, 1.807) is 38.1 Å². The summed E-state index contributed by atoms with van der Waals surface area (Å²) in [6.07, 6.45) is -8.46. The minimum atomic E-state index is -4.88. The molecule has 0 saturated carbocycles. The van der Waals surface area contributed by atoms with Gasteiger partial charge in [0.05, 0.1) is 6.04 Å². The van der Waals surface area contributed by atoms with Gasteiger partial charge < -0.3 is 20.5 Å². The highest BCUT2D eigenvalue weighted by Crippen LogP contribution is 2.25. The maximum atomic E-state index is 12.9. The molecule has 0 saturated heterocycles. The van der Waals surface area contributed by atoms with Crippen LogP contribution in [0.3, 0.4) is 0 Å². The minimum absolute atomic E-state index is 0.0134. The Hall–Kier alpha value is -2.29. The summed E-state index contributed by atoms with van der Waals surface area (Å²) >= 11 is 0. The molecule has 0 aliphatic carbocycles. The molecule has 0 aliphatic heterocycles. The molecule has 0 aromatic heterocycles. The molecule has 0 unspecified atom stereocenters. The number of benzene rings is 1. The largest absolute Gasteiger partial charge is 0.445 e. The first-order chi connectivity index (χ1) is 12.9. The van der Waals surface area contributed by atoms with Crippen molar-refractivity contribution in [3.05, 3.63) is 35.9 Å². The van der Waals surface area contributed by atoms with Crippen molar-refractivity contribution in [2.45, 2.75) is 58.7 Å². The van der Waals surface area contributed by atoms with Gasteiger partial charge in [-0.1, -0.05) is 58.0 Å². The Morgan fingerprint density at radius 1 is 1.04 bits per heavy atom. The van der Waals surface area contributed by atoms with Crippen LogP contribution in [0, 0.1) is 11.8 Å². The number of carbonyl (C=O) groups excluding carboxylic acids is 2. The fraction of sp³-hybridized carbons (Fsp3) is 0.579. The van der Waals surface area contributed by atoms with Crippen LogP contribution in [0.2, 0.25) is 0 Å². The van der Waals surface area contributed by atoms with Crippen LogP contribution >= 0.6 is 0 Å². The third-order valence-corrected chi connectivity index (χ3v) is 4.14. The highest BCUT2D eigenvalue weighted by molar-refractivity contribution is 5.86. The number of amides is 2. The van der Waals surface area contributed by atoms with Gasteiger partial charge in [-0.2, -0.15) is 13.2 Å². The molecule has 1 aromatic rings. The molecular formula is C19H27F3N2O4. The smallest absolute Gasteiger partial charge is 0.416 e. The van der Waals surface area contributed by atoms with Crippen molar-refractivity contribution >= 4 is 12.0 Å². The maximum absolute atomic E-state index is 12.9. The van der Waals surface area contributed by atoms with Crippen LogP contribution in [0.1, 0.15) is 33.3 Å². The van der Waals surface area contributed by atoms with Crippen LogP contribution in [0.5, 0.6) is 0 Å². The highest BCUT2D eigenvalue weighted by Gasteiger charge is 2.45. The molecule has 9 heteroatoms. The van der Waals surface area contributed by atoms with E-state index in [1.807, 2.05) is 6.07 Å². The normalized spacial score (nSPS) is 15.1. The molecule has 28 heavy (non-hydrogen) atoms. The van der Waals surface area contributed by atoms with Gasteiger partial charge in [-0.15, -0.1) is 0 Å². The van der Waals surface area contributed by atoms with Crippen LogP contribution in [0.4, 0.5) is 18.0 Å². The second-order valence-corrected chi connectivity index (χ2v) is 7.19. The number of nitrogens with one attached hydrogen (secondary N) is 2. The number of alkyl halides is 3. The first-order valence-electron chi connectivity index (χ1n) is 8.95. The van der Waals surface area contributed by atoms with Crippen molar-refractivity contribution < 1.29 is 32.6 Å². The van der Waals surface area contributed by atoms with Crippen molar-refractivity contribution in [2.24, 2.45) is 11.8 Å². The summed E-state index contributed by atoms with van der Waals surface area (Å²) in [7, 11) is 0. The first-order valence-corrected chi connectivity index (χ1v) is 8.95. The van der Waals surface area contributed by atoms with Gasteiger partial charge in [0.1, 0.15) is 12.6 Å². The summed E-state index contributed by atoms with van der Waals surface area (Å²) in [5.74, 6) is -1.92. The van der Waals surface area contributed by atoms with Crippen molar-refractivity contribution in [3.8, 4) is 0 Å². The number of hydrogen-bond donors (Lipinski definition) is 3. The zero-order chi connectivity index (χ0) is 21.5. The molecule has 0 fully saturated rings. The number of halogens is 3. The second kappa shape index (κ2) is 10.3. The van der Waals surface area contributed by atoms with E-state index < -0.39 is 48.2 Å². The molecule has 0 heterocycles. The number of carbonyl (C=O) groups is 2. The molecule has 6 nitrogen and oxygen atoms in total. The molecule has 0 radical (unpaired) electrons. The average Bonchev–Trinajstić information content (AvgIpc) is 2.61. The molecule has 1 rings (SSSR count). The zero-order valence-electron chi connectivity index (χ0n) is 16.3. The lowest BCUT2D eigenvalue weighted by molar-refractivity contribution is -0.215. The summed E-state index contributed by atoms with van der Waals surface area (Å²) in [5, 5.41) is 14.1. The Balaban J connectivity index is 2.75. The van der Waals surface area contributed by atoms with Crippen molar-refractivity contribution in [1.29, 1.82) is 0 Å². The van der Waals surface area contributed by atoms with Gasteiger partial charge in [-0.05, 0) is 17.4 Å². The summed E-state index contributed by atoms with van der Waals surface area (Å²) in [6, 6.07) is 6.21. The molecule has 3 atom stereocenters. The van der Waals surface area contributed by atoms with E-state index in [2.05, 4.69) is 10.6 Å². The topological polar surface area (TPSA) is 87.7 Å². The third-order valence-electron chi connectivity index (χ3n) is 4.14. The van der Waals surface area contributed by atoms with Crippen molar-refractivity contribution in [1.82, 2.24) is 10.6 Å². The molecule has 3 N–H and O–H groups in total. The van der Waals surface area contributed by atoms with E-state index in [-0.39, 0.29) is 6.61 Å². The van der Waals surface area contributed by atoms with Gasteiger partial charge in [0.25, 0.3) is 0 Å². The summed E-state index contributed by atoms with van der Waals surface area (Å²) in [5.41, 5.74) is 0.747. The van der Waals surface area contributed by atoms with Crippen LogP contribution in [-0.2, 0) is 16.1 Å². The quantitative estimate of drug-likeness (QED) is 0.622. The Labute approximate surface area is 162 Å². The van der Waals surface area contributed by atoms with E-state index in [0.717, 1.165) is 5.56 Å². The van der Waals surface area contributed by atoms with E-state index >= 15 is 0 Å². The van der Waals surface area contributed by atoms with E-state index in [0.29, 0.717) is 0 Å². The lowest BCUT2D eigenvalue weighted by Crippen LogP contribution is -2.58. The number of aliphatic hydroxyl groups is 1. The number of rotatable bonds is 8. The molecule has 158 valence electrons. The van der Waals surface area contributed by atoms with Gasteiger partial charge in [-0.25, -0.2) is 4.79 Å². The lowest BCUT2D eigenvalue weighted by atomic mass is 9.96. The highest BCUT2D eigenvalue weighted by atomic mass is 19.4. The predicted octanol–water partition coefficient (Wildman–Crippen LogP) is 3.00. The van der Waals surface area contributed by atoms with Gasteiger partial charge in [0, 0.05) is 0 Å². The average molecular weight is 404 g/mol. The van der Waals surface area contributed by atoms with Crippen LogP contribution in [-0.4, -0.2) is 41.5 Å². The summed E-state index contributed by atoms with van der Waals surface area (Å²) in [6.45, 7) is 6.15. The fourth-order valence-electron chi connectivity index (χ4n) is 2.49. The SMILES string of the molecule is CC(C)[C@H](NC(=O)OCc1ccccc1)C(=O)N[C@H](C(C)C)[C@@H](O)C(F)(F)F. The van der Waals surface area contributed by atoms with Crippen molar-refractivity contribution in [2.75, 3.05) is 0 Å². The Morgan fingerprint density at radius 3 is 2.07 bits per heavy atom. The molecule has 1 aromatic carbocycles. The Bertz CT molecular complexity index is 636. The van der Waals surface area contributed by atoms with Crippen LogP contribution in [0.15, 0.2) is 30.3 Å². The summed E-state index contributed by atoms with van der Waals surface area (Å²) < 4.78 is 43.6. The molecule has 0 aliphatic rings. The predicted molar refractivity (Wildman–Crippen MR) is 97.2 cm³/mol. The second-order valence-electron chi connectivity index (χ2n) is 7.19. The summed E-state index contributed by atoms with van der Waals surface area (Å²) in [4.78, 5) is 24.5. The van der Waals surface area contributed by atoms with Gasteiger partial charge in [-0.3, -0.25) is 4.79 Å². The maximum Gasteiger partial charge on any atom is 0.416 e. The third kappa shape index (κ3) is 7.38. The number of hydrogen-bond acceptors (Lipinski definition) is 4. The lowest BCUT2D eigenvalue weighted by Gasteiger charge is -2.31. The van der Waals surface area contributed by atoms with Gasteiger partial charge in [0.2, 0.25) is 5.91 Å². The fourth-order valence-corrected chi connectivity index (χ4v) is 2.49. The monoisotopic (exact) mass is 404 g/mol. The molecule has 2 amide bonds. The van der Waals surface area contributed by atoms with Gasteiger partial charge >= 0.3 is 12.3 Å². The zero-order valence-corrected chi connectivity index (χ0v) is 16.3. The van der Waals surface area contributed by atoms with Gasteiger partial charge in [0.15, 0.2) is 6.10 Å². The minimum Gasteiger partial charge on any atom is -0.445 e. The van der Waals surface area contributed by atoms with Crippen LogP contribution < -0.4 is 10.6 Å². The van der Waals surface area contributed by atoms with E-state index in [4.69, 9.17) is 4.74 Å². The Kier molecular flexibility index (Phi) is 8.74. The standard InChI is InChI=1S/C19H27F3N2O4/c1-11(2)14(16(25)19(20,21)22)23-17(26)15(12(3)4)24-18(27)28-10-13-8-6-5-7-9-13/h5-9,11-12,14-16,25H,10H2,1-4H3,(H,23,26)(H,24,27)/t14-,15+,16-/m1/s1.